The van der Waals surface area contributed by atoms with Gasteiger partial charge in [-0.05, 0) is 32.4 Å². The number of thioether (sulfide) groups is 1. The summed E-state index contributed by atoms with van der Waals surface area (Å²) >= 11 is 7.37. The molecule has 0 aliphatic heterocycles. The largest absolute Gasteiger partial charge is 0.355 e. The maximum atomic E-state index is 12.1. The number of nitrogens with zero attached hydrogens (tertiary/aromatic N) is 2. The first-order valence-corrected chi connectivity index (χ1v) is 8.49. The fourth-order valence-corrected chi connectivity index (χ4v) is 2.98. The van der Waals surface area contributed by atoms with E-state index >= 15 is 0 Å². The van der Waals surface area contributed by atoms with E-state index in [9.17, 15) is 4.79 Å². The first-order valence-electron chi connectivity index (χ1n) is 7.23. The summed E-state index contributed by atoms with van der Waals surface area (Å²) in [4.78, 5) is 13.2. The smallest absolute Gasteiger partial charge is 0.233 e. The summed E-state index contributed by atoms with van der Waals surface area (Å²) in [6, 6.07) is 8.21. The third-order valence-electron chi connectivity index (χ3n) is 3.17. The van der Waals surface area contributed by atoms with Gasteiger partial charge < -0.3 is 5.32 Å². The molecule has 118 valence electrons. The molecule has 0 saturated carbocycles. The van der Waals surface area contributed by atoms with Gasteiger partial charge in [-0.25, -0.2) is 0 Å². The average molecular weight is 338 g/mol. The fraction of sp³-hybridized carbons (Fsp3) is 0.375. The Kier molecular flexibility index (Phi) is 6.34. The Morgan fingerprint density at radius 2 is 2.14 bits per heavy atom. The maximum Gasteiger partial charge on any atom is 0.233 e. The van der Waals surface area contributed by atoms with E-state index in [1.165, 1.54) is 5.56 Å². The molecule has 2 rings (SSSR count). The van der Waals surface area contributed by atoms with Crippen molar-refractivity contribution in [3.8, 4) is 0 Å². The summed E-state index contributed by atoms with van der Waals surface area (Å²) in [5.41, 5.74) is 1.22. The lowest BCUT2D eigenvalue weighted by molar-refractivity contribution is -0.120. The molecule has 6 heteroatoms. The number of carbonyl (C=O) groups excluding carboxylic acids is 1. The van der Waals surface area contributed by atoms with E-state index in [0.29, 0.717) is 11.6 Å². The molecule has 22 heavy (non-hydrogen) atoms. The van der Waals surface area contributed by atoms with Crippen molar-refractivity contribution in [2.24, 2.45) is 0 Å². The first kappa shape index (κ1) is 16.9. The van der Waals surface area contributed by atoms with Crippen LogP contribution in [0.1, 0.15) is 18.9 Å². The zero-order valence-electron chi connectivity index (χ0n) is 12.8. The van der Waals surface area contributed by atoms with E-state index in [1.54, 1.807) is 28.8 Å². The second-order valence-corrected chi connectivity index (χ2v) is 6.99. The molecule has 0 saturated heterocycles. The van der Waals surface area contributed by atoms with Gasteiger partial charge in [0.15, 0.2) is 0 Å². The lowest BCUT2D eigenvalue weighted by atomic mass is 10.2. The van der Waals surface area contributed by atoms with Crippen molar-refractivity contribution >= 4 is 29.3 Å². The lowest BCUT2D eigenvalue weighted by Crippen LogP contribution is -2.32. The summed E-state index contributed by atoms with van der Waals surface area (Å²) in [5, 5.41) is 7.58. The molecule has 0 fully saturated rings. The lowest BCUT2D eigenvalue weighted by Gasteiger charge is -2.12. The minimum atomic E-state index is -0.109. The molecule has 1 aromatic heterocycles. The van der Waals surface area contributed by atoms with Gasteiger partial charge in [0.2, 0.25) is 5.91 Å². The molecule has 0 aliphatic rings. The number of amides is 1. The van der Waals surface area contributed by atoms with E-state index in [2.05, 4.69) is 29.5 Å². The molecule has 2 aromatic rings. The normalized spacial score (nSPS) is 12.1. The van der Waals surface area contributed by atoms with Gasteiger partial charge in [-0.1, -0.05) is 29.3 Å². The molecule has 1 amide bonds. The molecule has 1 heterocycles. The molecule has 0 aliphatic carbocycles. The Balaban J connectivity index is 1.68. The van der Waals surface area contributed by atoms with Crippen LogP contribution in [0.25, 0.3) is 0 Å². The molecule has 0 bridgehead atoms. The topological polar surface area (TPSA) is 46.9 Å². The molecule has 4 nitrogen and oxygen atoms in total. The van der Waals surface area contributed by atoms with E-state index in [-0.39, 0.29) is 11.2 Å². The van der Waals surface area contributed by atoms with E-state index in [4.69, 9.17) is 11.6 Å². The van der Waals surface area contributed by atoms with E-state index < -0.39 is 0 Å². The molecule has 0 radical (unpaired) electrons. The highest BCUT2D eigenvalue weighted by molar-refractivity contribution is 8.00. The Morgan fingerprint density at radius 3 is 2.77 bits per heavy atom. The van der Waals surface area contributed by atoms with Crippen LogP contribution in [0.15, 0.2) is 41.6 Å². The summed E-state index contributed by atoms with van der Waals surface area (Å²) in [5.74, 6) is 0.0593. The van der Waals surface area contributed by atoms with Gasteiger partial charge in [0.1, 0.15) is 0 Å². The maximum absolute atomic E-state index is 12.1. The second-order valence-electron chi connectivity index (χ2n) is 5.14. The van der Waals surface area contributed by atoms with Crippen molar-refractivity contribution in [2.45, 2.75) is 37.0 Å². The van der Waals surface area contributed by atoms with Gasteiger partial charge >= 0.3 is 0 Å². The van der Waals surface area contributed by atoms with Crippen molar-refractivity contribution in [1.29, 1.82) is 0 Å². The van der Waals surface area contributed by atoms with Crippen LogP contribution in [0.3, 0.4) is 0 Å². The summed E-state index contributed by atoms with van der Waals surface area (Å²) in [7, 11) is 0. The Bertz CT molecular complexity index is 612. The van der Waals surface area contributed by atoms with E-state index in [0.717, 1.165) is 17.9 Å². The Hall–Kier alpha value is -1.46. The number of carbonyl (C=O) groups is 1. The monoisotopic (exact) mass is 337 g/mol. The zero-order chi connectivity index (χ0) is 15.9. The molecule has 1 aromatic carbocycles. The van der Waals surface area contributed by atoms with Crippen LogP contribution < -0.4 is 5.32 Å². The summed E-state index contributed by atoms with van der Waals surface area (Å²) in [6.07, 6.45) is 4.21. The molecular weight excluding hydrogens is 318 g/mol. The standard InChI is InChI=1S/C16H20ClN3OS/c1-12-4-6-15(7-5-12)22-13(2)16(21)18-8-3-9-20-11-14(17)10-19-20/h4-7,10-11,13H,3,8-9H2,1-2H3,(H,18,21). The SMILES string of the molecule is Cc1ccc(SC(C)C(=O)NCCCn2cc(Cl)cn2)cc1. The predicted octanol–water partition coefficient (Wildman–Crippen LogP) is 3.53. The van der Waals surface area contributed by atoms with Gasteiger partial charge in [0.05, 0.1) is 16.5 Å². The minimum absolute atomic E-state index is 0.0593. The van der Waals surface area contributed by atoms with Gasteiger partial charge in [0, 0.05) is 24.2 Å². The molecule has 1 unspecified atom stereocenters. The van der Waals surface area contributed by atoms with Gasteiger partial charge in [-0.3, -0.25) is 9.48 Å². The second kappa shape index (κ2) is 8.25. The van der Waals surface area contributed by atoms with Crippen LogP contribution in [-0.2, 0) is 11.3 Å². The number of rotatable bonds is 7. The van der Waals surface area contributed by atoms with Crippen molar-refractivity contribution in [3.05, 3.63) is 47.2 Å². The number of hydrogen-bond acceptors (Lipinski definition) is 3. The third kappa shape index (κ3) is 5.39. The van der Waals surface area contributed by atoms with Gasteiger partial charge in [-0.15, -0.1) is 11.8 Å². The van der Waals surface area contributed by atoms with E-state index in [1.807, 2.05) is 19.1 Å². The quantitative estimate of drug-likeness (QED) is 0.621. The molecule has 1 N–H and O–H groups in total. The fourth-order valence-electron chi connectivity index (χ4n) is 1.93. The summed E-state index contributed by atoms with van der Waals surface area (Å²) < 4.78 is 1.78. The van der Waals surface area contributed by atoms with Gasteiger partial charge in [0.25, 0.3) is 0 Å². The zero-order valence-corrected chi connectivity index (χ0v) is 14.3. The highest BCUT2D eigenvalue weighted by Gasteiger charge is 2.13. The number of benzene rings is 1. The number of halogens is 1. The van der Waals surface area contributed by atoms with Crippen molar-refractivity contribution < 1.29 is 4.79 Å². The highest BCUT2D eigenvalue weighted by Crippen LogP contribution is 2.23. The first-order chi connectivity index (χ1) is 10.5. The number of aryl methyl sites for hydroxylation is 2. The molecule has 0 spiro atoms. The number of hydrogen-bond donors (Lipinski definition) is 1. The third-order valence-corrected chi connectivity index (χ3v) is 4.48. The highest BCUT2D eigenvalue weighted by atomic mass is 35.5. The molecule has 1 atom stereocenters. The molecular formula is C16H20ClN3OS. The number of nitrogens with one attached hydrogen (secondary N) is 1. The van der Waals surface area contributed by atoms with Crippen molar-refractivity contribution in [1.82, 2.24) is 15.1 Å². The predicted molar refractivity (Wildman–Crippen MR) is 91.4 cm³/mol. The van der Waals surface area contributed by atoms with Crippen LogP contribution in [0, 0.1) is 6.92 Å². The van der Waals surface area contributed by atoms with Crippen LogP contribution in [0.4, 0.5) is 0 Å². The number of aromatic nitrogens is 2. The van der Waals surface area contributed by atoms with Crippen LogP contribution in [0.5, 0.6) is 0 Å². The van der Waals surface area contributed by atoms with Crippen LogP contribution in [-0.4, -0.2) is 27.5 Å². The van der Waals surface area contributed by atoms with Crippen molar-refractivity contribution in [2.75, 3.05) is 6.54 Å². The Labute approximate surface area is 140 Å². The average Bonchev–Trinajstić information content (AvgIpc) is 2.91. The van der Waals surface area contributed by atoms with Crippen LogP contribution in [0.2, 0.25) is 5.02 Å². The minimum Gasteiger partial charge on any atom is -0.355 e. The Morgan fingerprint density at radius 1 is 1.41 bits per heavy atom. The van der Waals surface area contributed by atoms with Gasteiger partial charge in [-0.2, -0.15) is 5.10 Å². The summed E-state index contributed by atoms with van der Waals surface area (Å²) in [6.45, 7) is 5.35. The van der Waals surface area contributed by atoms with Crippen molar-refractivity contribution in [3.63, 3.8) is 0 Å². The van der Waals surface area contributed by atoms with Crippen LogP contribution >= 0.6 is 23.4 Å².